The lowest BCUT2D eigenvalue weighted by Gasteiger charge is -2.29. The first-order valence-electron chi connectivity index (χ1n) is 6.54. The van der Waals surface area contributed by atoms with Crippen LogP contribution in [0.2, 0.25) is 0 Å². The van der Waals surface area contributed by atoms with Crippen LogP contribution in [0.15, 0.2) is 24.3 Å². The highest BCUT2D eigenvalue weighted by molar-refractivity contribution is 5.82. The zero-order valence-corrected chi connectivity index (χ0v) is 11.7. The summed E-state index contributed by atoms with van der Waals surface area (Å²) in [4.78, 5) is 12.2. The van der Waals surface area contributed by atoms with E-state index >= 15 is 0 Å². The molecule has 3 heteroatoms. The van der Waals surface area contributed by atoms with Gasteiger partial charge >= 0.3 is 5.97 Å². The van der Waals surface area contributed by atoms with Gasteiger partial charge in [-0.05, 0) is 39.3 Å². The molecule has 0 saturated heterocycles. The van der Waals surface area contributed by atoms with Gasteiger partial charge in [-0.1, -0.05) is 36.8 Å². The SMILES string of the molecule is CCCNC(C)(C(=O)OCC)c1cccc(C)c1. The van der Waals surface area contributed by atoms with Crippen molar-refractivity contribution in [1.29, 1.82) is 0 Å². The fraction of sp³-hybridized carbons (Fsp3) is 0.533. The molecule has 1 atom stereocenters. The van der Waals surface area contributed by atoms with Crippen LogP contribution in [0.4, 0.5) is 0 Å². The molecule has 100 valence electrons. The molecule has 0 saturated carbocycles. The van der Waals surface area contributed by atoms with Gasteiger partial charge in [-0.3, -0.25) is 5.32 Å². The molecule has 0 spiro atoms. The van der Waals surface area contributed by atoms with Crippen molar-refractivity contribution < 1.29 is 9.53 Å². The summed E-state index contributed by atoms with van der Waals surface area (Å²) < 4.78 is 5.20. The highest BCUT2D eigenvalue weighted by Crippen LogP contribution is 2.23. The maximum atomic E-state index is 12.2. The molecule has 1 aromatic carbocycles. The third kappa shape index (κ3) is 3.33. The predicted molar refractivity (Wildman–Crippen MR) is 73.5 cm³/mol. The number of hydrogen-bond donors (Lipinski definition) is 1. The average Bonchev–Trinajstić information content (AvgIpc) is 2.36. The minimum Gasteiger partial charge on any atom is -0.464 e. The van der Waals surface area contributed by atoms with Crippen LogP contribution in [0.25, 0.3) is 0 Å². The Morgan fingerprint density at radius 3 is 2.67 bits per heavy atom. The van der Waals surface area contributed by atoms with Crippen molar-refractivity contribution in [2.45, 2.75) is 39.7 Å². The quantitative estimate of drug-likeness (QED) is 0.788. The minimum atomic E-state index is -0.766. The Balaban J connectivity index is 3.06. The van der Waals surface area contributed by atoms with E-state index in [1.54, 1.807) is 0 Å². The fourth-order valence-corrected chi connectivity index (χ4v) is 1.90. The summed E-state index contributed by atoms with van der Waals surface area (Å²) >= 11 is 0. The number of nitrogens with one attached hydrogen (secondary N) is 1. The van der Waals surface area contributed by atoms with Crippen LogP contribution in [0.3, 0.4) is 0 Å². The maximum Gasteiger partial charge on any atom is 0.330 e. The van der Waals surface area contributed by atoms with Gasteiger partial charge in [-0.2, -0.15) is 0 Å². The number of benzene rings is 1. The Morgan fingerprint density at radius 1 is 1.39 bits per heavy atom. The van der Waals surface area contributed by atoms with Crippen LogP contribution in [-0.2, 0) is 15.1 Å². The van der Waals surface area contributed by atoms with Crippen molar-refractivity contribution in [3.8, 4) is 0 Å². The van der Waals surface area contributed by atoms with Crippen molar-refractivity contribution in [2.75, 3.05) is 13.2 Å². The zero-order chi connectivity index (χ0) is 13.6. The number of carbonyl (C=O) groups excluding carboxylic acids is 1. The number of rotatable bonds is 6. The van der Waals surface area contributed by atoms with E-state index in [9.17, 15) is 4.79 Å². The van der Waals surface area contributed by atoms with Crippen molar-refractivity contribution in [2.24, 2.45) is 0 Å². The molecule has 0 aliphatic heterocycles. The molecule has 18 heavy (non-hydrogen) atoms. The number of hydrogen-bond acceptors (Lipinski definition) is 3. The van der Waals surface area contributed by atoms with E-state index in [1.165, 1.54) is 0 Å². The molecule has 1 unspecified atom stereocenters. The molecule has 1 rings (SSSR count). The monoisotopic (exact) mass is 249 g/mol. The summed E-state index contributed by atoms with van der Waals surface area (Å²) in [5, 5.41) is 3.30. The Hall–Kier alpha value is -1.35. The maximum absolute atomic E-state index is 12.2. The first kappa shape index (κ1) is 14.7. The lowest BCUT2D eigenvalue weighted by Crippen LogP contribution is -2.48. The average molecular weight is 249 g/mol. The van der Waals surface area contributed by atoms with E-state index in [4.69, 9.17) is 4.74 Å². The van der Waals surface area contributed by atoms with E-state index in [0.29, 0.717) is 6.61 Å². The van der Waals surface area contributed by atoms with Gasteiger partial charge in [-0.25, -0.2) is 4.79 Å². The second kappa shape index (κ2) is 6.55. The van der Waals surface area contributed by atoms with E-state index in [1.807, 2.05) is 45.0 Å². The Bertz CT molecular complexity index is 403. The van der Waals surface area contributed by atoms with E-state index in [0.717, 1.165) is 24.1 Å². The minimum absolute atomic E-state index is 0.218. The summed E-state index contributed by atoms with van der Waals surface area (Å²) in [7, 11) is 0. The summed E-state index contributed by atoms with van der Waals surface area (Å²) in [5.41, 5.74) is 1.33. The van der Waals surface area contributed by atoms with Crippen molar-refractivity contribution in [3.63, 3.8) is 0 Å². The van der Waals surface area contributed by atoms with Crippen LogP contribution in [0.5, 0.6) is 0 Å². The molecule has 0 amide bonds. The molecule has 1 N–H and O–H groups in total. The summed E-state index contributed by atoms with van der Waals surface area (Å²) in [6.07, 6.45) is 0.973. The Labute approximate surface area is 110 Å². The number of ether oxygens (including phenoxy) is 1. The van der Waals surface area contributed by atoms with Gasteiger partial charge in [0.05, 0.1) is 6.61 Å². The third-order valence-corrected chi connectivity index (χ3v) is 3.01. The molecule has 0 heterocycles. The van der Waals surface area contributed by atoms with Gasteiger partial charge in [0, 0.05) is 0 Å². The zero-order valence-electron chi connectivity index (χ0n) is 11.7. The Morgan fingerprint density at radius 2 is 2.11 bits per heavy atom. The molecule has 1 aromatic rings. The van der Waals surface area contributed by atoms with Gasteiger partial charge in [0.1, 0.15) is 5.54 Å². The van der Waals surface area contributed by atoms with Crippen molar-refractivity contribution in [3.05, 3.63) is 35.4 Å². The Kier molecular flexibility index (Phi) is 5.35. The van der Waals surface area contributed by atoms with Crippen molar-refractivity contribution >= 4 is 5.97 Å². The van der Waals surface area contributed by atoms with Crippen molar-refractivity contribution in [1.82, 2.24) is 5.32 Å². The van der Waals surface area contributed by atoms with Gasteiger partial charge in [0.15, 0.2) is 0 Å². The fourth-order valence-electron chi connectivity index (χ4n) is 1.90. The largest absolute Gasteiger partial charge is 0.464 e. The van der Waals surface area contributed by atoms with Crippen LogP contribution >= 0.6 is 0 Å². The third-order valence-electron chi connectivity index (χ3n) is 3.01. The van der Waals surface area contributed by atoms with Crippen LogP contribution in [-0.4, -0.2) is 19.1 Å². The van der Waals surface area contributed by atoms with Gasteiger partial charge in [0.25, 0.3) is 0 Å². The highest BCUT2D eigenvalue weighted by Gasteiger charge is 2.35. The second-order valence-electron chi connectivity index (χ2n) is 4.64. The van der Waals surface area contributed by atoms with Crippen LogP contribution in [0, 0.1) is 6.92 Å². The number of aryl methyl sites for hydroxylation is 1. The van der Waals surface area contributed by atoms with Gasteiger partial charge in [-0.15, -0.1) is 0 Å². The van der Waals surface area contributed by atoms with Gasteiger partial charge < -0.3 is 4.74 Å². The second-order valence-corrected chi connectivity index (χ2v) is 4.64. The van der Waals surface area contributed by atoms with E-state index in [-0.39, 0.29) is 5.97 Å². The first-order chi connectivity index (χ1) is 8.54. The smallest absolute Gasteiger partial charge is 0.330 e. The molecular weight excluding hydrogens is 226 g/mol. The molecular formula is C15H23NO2. The molecule has 0 radical (unpaired) electrons. The summed E-state index contributed by atoms with van der Waals surface area (Å²) in [6.45, 7) is 8.99. The van der Waals surface area contributed by atoms with Crippen LogP contribution < -0.4 is 5.32 Å². The van der Waals surface area contributed by atoms with Crippen LogP contribution in [0.1, 0.15) is 38.3 Å². The number of carbonyl (C=O) groups is 1. The molecule has 3 nitrogen and oxygen atoms in total. The standard InChI is InChI=1S/C15H23NO2/c1-5-10-16-15(4,14(17)18-6-2)13-9-7-8-12(3)11-13/h7-9,11,16H,5-6,10H2,1-4H3. The summed E-state index contributed by atoms with van der Waals surface area (Å²) in [5.74, 6) is -0.218. The predicted octanol–water partition coefficient (Wildman–Crippen LogP) is 2.77. The number of esters is 1. The molecule has 0 bridgehead atoms. The van der Waals surface area contributed by atoms with E-state index in [2.05, 4.69) is 12.2 Å². The lowest BCUT2D eigenvalue weighted by molar-refractivity contribution is -0.151. The highest BCUT2D eigenvalue weighted by atomic mass is 16.5. The molecule has 0 fully saturated rings. The van der Waals surface area contributed by atoms with E-state index < -0.39 is 5.54 Å². The van der Waals surface area contributed by atoms with Gasteiger partial charge in [0.2, 0.25) is 0 Å². The topological polar surface area (TPSA) is 38.3 Å². The molecule has 0 aliphatic rings. The molecule has 0 aliphatic carbocycles. The summed E-state index contributed by atoms with van der Waals surface area (Å²) in [6, 6.07) is 7.98. The molecule has 0 aromatic heterocycles. The first-order valence-corrected chi connectivity index (χ1v) is 6.54. The normalized spacial score (nSPS) is 14.0. The lowest BCUT2D eigenvalue weighted by atomic mass is 9.90.